The van der Waals surface area contributed by atoms with Gasteiger partial charge in [0.2, 0.25) is 5.91 Å². The molecule has 140 valence electrons. The van der Waals surface area contributed by atoms with Gasteiger partial charge in [-0.25, -0.2) is 13.4 Å². The van der Waals surface area contributed by atoms with E-state index >= 15 is 0 Å². The molecule has 26 heavy (non-hydrogen) atoms. The summed E-state index contributed by atoms with van der Waals surface area (Å²) in [6.07, 6.45) is 0.779. The maximum atomic E-state index is 12.6. The minimum Gasteiger partial charge on any atom is -0.344 e. The average Bonchev–Trinajstić information content (AvgIpc) is 2.95. The molecule has 0 bridgehead atoms. The second-order valence-corrected chi connectivity index (χ2v) is 9.74. The monoisotopic (exact) mass is 441 g/mol. The molecule has 2 amide bonds. The van der Waals surface area contributed by atoms with E-state index in [9.17, 15) is 18.0 Å². The zero-order valence-electron chi connectivity index (χ0n) is 14.3. The molecule has 7 nitrogen and oxygen atoms in total. The lowest BCUT2D eigenvalue weighted by atomic mass is 10.1. The summed E-state index contributed by atoms with van der Waals surface area (Å²) in [7, 11) is -3.13. The van der Waals surface area contributed by atoms with Crippen molar-refractivity contribution >= 4 is 43.3 Å². The number of carbonyl (C=O) groups is 2. The highest BCUT2D eigenvalue weighted by molar-refractivity contribution is 9.10. The van der Waals surface area contributed by atoms with E-state index in [-0.39, 0.29) is 47.9 Å². The molecule has 2 atom stereocenters. The number of benzene rings is 1. The van der Waals surface area contributed by atoms with Crippen LogP contribution in [0.2, 0.25) is 0 Å². The van der Waals surface area contributed by atoms with Crippen LogP contribution in [0.5, 0.6) is 0 Å². The van der Waals surface area contributed by atoms with Gasteiger partial charge < -0.3 is 5.32 Å². The molecule has 9 heteroatoms. The van der Waals surface area contributed by atoms with E-state index < -0.39 is 15.9 Å². The number of rotatable bonds is 4. The summed E-state index contributed by atoms with van der Waals surface area (Å²) >= 11 is 3.40. The van der Waals surface area contributed by atoms with Gasteiger partial charge in [0.1, 0.15) is 5.71 Å². The molecule has 1 N–H and O–H groups in total. The number of halogens is 1. The quantitative estimate of drug-likeness (QED) is 0.769. The third-order valence-electron chi connectivity index (χ3n) is 4.57. The number of nitrogens with one attached hydrogen (secondary N) is 1. The molecule has 0 aliphatic carbocycles. The molecule has 0 spiro atoms. The highest BCUT2D eigenvalue weighted by Gasteiger charge is 2.37. The summed E-state index contributed by atoms with van der Waals surface area (Å²) in [5.41, 5.74) is 1.20. The van der Waals surface area contributed by atoms with Crippen LogP contribution in [0.15, 0.2) is 33.8 Å². The minimum absolute atomic E-state index is 0.0540. The molecule has 1 fully saturated rings. The van der Waals surface area contributed by atoms with Gasteiger partial charge in [0.05, 0.1) is 23.6 Å². The van der Waals surface area contributed by atoms with Gasteiger partial charge in [-0.1, -0.05) is 28.1 Å². The van der Waals surface area contributed by atoms with E-state index in [1.54, 1.807) is 0 Å². The van der Waals surface area contributed by atoms with Crippen molar-refractivity contribution in [3.8, 4) is 0 Å². The maximum Gasteiger partial charge on any atom is 0.267 e. The molecular weight excluding hydrogens is 422 g/mol. The number of hydrogen-bond acceptors (Lipinski definition) is 5. The third-order valence-corrected chi connectivity index (χ3v) is 6.82. The molecule has 3 rings (SSSR count). The molecule has 0 radical (unpaired) electrons. The van der Waals surface area contributed by atoms with Gasteiger partial charge in [-0.15, -0.1) is 0 Å². The number of amides is 2. The topological polar surface area (TPSA) is 95.9 Å². The lowest BCUT2D eigenvalue weighted by Gasteiger charge is -2.28. The van der Waals surface area contributed by atoms with Crippen LogP contribution >= 0.6 is 15.9 Å². The van der Waals surface area contributed by atoms with E-state index in [0.29, 0.717) is 6.42 Å². The van der Waals surface area contributed by atoms with Gasteiger partial charge in [-0.3, -0.25) is 9.59 Å². The molecular formula is C17H20BrN3O4S. The predicted octanol–water partition coefficient (Wildman–Crippen LogP) is 1.79. The molecule has 1 saturated heterocycles. The Morgan fingerprint density at radius 2 is 2.15 bits per heavy atom. The summed E-state index contributed by atoms with van der Waals surface area (Å²) in [6.45, 7) is 1.87. The number of hydrogen-bond donors (Lipinski definition) is 1. The number of hydrazone groups is 1. The standard InChI is InChI=1S/C17H20BrN3O4S/c1-11(12-3-2-4-13(18)9-12)19-17(23)15-5-6-16(22)21(20-15)14-7-8-26(24,25)10-14/h2-4,9,11,14H,5-8,10H2,1H3,(H,19,23). The van der Waals surface area contributed by atoms with Crippen molar-refractivity contribution in [3.05, 3.63) is 34.3 Å². The molecule has 1 aromatic rings. The van der Waals surface area contributed by atoms with E-state index in [4.69, 9.17) is 0 Å². The fraction of sp³-hybridized carbons (Fsp3) is 0.471. The Kier molecular flexibility index (Phi) is 5.47. The van der Waals surface area contributed by atoms with Gasteiger partial charge in [0.25, 0.3) is 5.91 Å². The summed E-state index contributed by atoms with van der Waals surface area (Å²) in [4.78, 5) is 24.7. The van der Waals surface area contributed by atoms with Gasteiger partial charge in [-0.2, -0.15) is 5.10 Å². The zero-order chi connectivity index (χ0) is 18.9. The smallest absolute Gasteiger partial charge is 0.267 e. The van der Waals surface area contributed by atoms with Crippen LogP contribution < -0.4 is 5.32 Å². The minimum atomic E-state index is -3.13. The summed E-state index contributed by atoms with van der Waals surface area (Å²) < 4.78 is 24.3. The highest BCUT2D eigenvalue weighted by Crippen LogP contribution is 2.23. The van der Waals surface area contributed by atoms with E-state index in [1.165, 1.54) is 5.01 Å². The third kappa shape index (κ3) is 4.32. The van der Waals surface area contributed by atoms with E-state index in [2.05, 4.69) is 26.3 Å². The molecule has 0 aromatic heterocycles. The van der Waals surface area contributed by atoms with E-state index in [0.717, 1.165) is 10.0 Å². The summed E-state index contributed by atoms with van der Waals surface area (Å²) in [5, 5.41) is 8.28. The maximum absolute atomic E-state index is 12.6. The second-order valence-electron chi connectivity index (χ2n) is 6.59. The van der Waals surface area contributed by atoms with Gasteiger partial charge in [0, 0.05) is 17.3 Å². The Morgan fingerprint density at radius 3 is 2.81 bits per heavy atom. The van der Waals surface area contributed by atoms with Crippen molar-refractivity contribution in [2.45, 2.75) is 38.3 Å². The first-order valence-corrected chi connectivity index (χ1v) is 11.0. The average molecular weight is 442 g/mol. The van der Waals surface area contributed by atoms with Gasteiger partial charge >= 0.3 is 0 Å². The lowest BCUT2D eigenvalue weighted by Crippen LogP contribution is -2.44. The van der Waals surface area contributed by atoms with Crippen LogP contribution in [-0.2, 0) is 19.4 Å². The number of carbonyl (C=O) groups excluding carboxylic acids is 2. The van der Waals surface area contributed by atoms with Crippen molar-refractivity contribution in [1.82, 2.24) is 10.3 Å². The van der Waals surface area contributed by atoms with Crippen LogP contribution in [0.4, 0.5) is 0 Å². The van der Waals surface area contributed by atoms with Crippen LogP contribution in [0, 0.1) is 0 Å². The van der Waals surface area contributed by atoms with Gasteiger partial charge in [-0.05, 0) is 31.0 Å². The van der Waals surface area contributed by atoms with Crippen molar-refractivity contribution < 1.29 is 18.0 Å². The molecule has 1 aromatic carbocycles. The predicted molar refractivity (Wildman–Crippen MR) is 101 cm³/mol. The van der Waals surface area contributed by atoms with Crippen molar-refractivity contribution in [2.24, 2.45) is 5.10 Å². The first kappa shape index (κ1) is 19.0. The zero-order valence-corrected chi connectivity index (χ0v) is 16.7. The summed E-state index contributed by atoms with van der Waals surface area (Å²) in [5.74, 6) is -0.608. The normalized spacial score (nSPS) is 23.5. The lowest BCUT2D eigenvalue weighted by molar-refractivity contribution is -0.133. The van der Waals surface area contributed by atoms with Crippen molar-refractivity contribution in [3.63, 3.8) is 0 Å². The Labute approximate surface area is 160 Å². The van der Waals surface area contributed by atoms with Crippen LogP contribution in [0.1, 0.15) is 37.8 Å². The van der Waals surface area contributed by atoms with Crippen LogP contribution in [0.25, 0.3) is 0 Å². The molecule has 2 aliphatic heterocycles. The Bertz CT molecular complexity index is 869. The Morgan fingerprint density at radius 1 is 1.38 bits per heavy atom. The number of sulfone groups is 1. The van der Waals surface area contributed by atoms with Crippen LogP contribution in [0.3, 0.4) is 0 Å². The SMILES string of the molecule is CC(NC(=O)C1=NN(C2CCS(=O)(=O)C2)C(=O)CC1)c1cccc(Br)c1. The summed E-state index contributed by atoms with van der Waals surface area (Å²) in [6, 6.07) is 6.94. The number of nitrogens with zero attached hydrogens (tertiary/aromatic N) is 2. The first-order chi connectivity index (χ1) is 12.2. The highest BCUT2D eigenvalue weighted by atomic mass is 79.9. The van der Waals surface area contributed by atoms with Crippen molar-refractivity contribution in [1.29, 1.82) is 0 Å². The second kappa shape index (κ2) is 7.48. The Balaban J connectivity index is 1.72. The first-order valence-electron chi connectivity index (χ1n) is 8.41. The van der Waals surface area contributed by atoms with Crippen LogP contribution in [-0.4, -0.2) is 48.5 Å². The van der Waals surface area contributed by atoms with Gasteiger partial charge in [0.15, 0.2) is 9.84 Å². The molecule has 0 saturated carbocycles. The molecule has 2 aliphatic rings. The van der Waals surface area contributed by atoms with E-state index in [1.807, 2.05) is 31.2 Å². The molecule has 2 unspecified atom stereocenters. The Hall–Kier alpha value is -1.74. The fourth-order valence-electron chi connectivity index (χ4n) is 3.13. The fourth-order valence-corrected chi connectivity index (χ4v) is 5.24. The molecule has 2 heterocycles. The largest absolute Gasteiger partial charge is 0.344 e. The van der Waals surface area contributed by atoms with Crippen molar-refractivity contribution in [2.75, 3.05) is 11.5 Å².